The highest BCUT2D eigenvalue weighted by atomic mass is 35.5. The summed E-state index contributed by atoms with van der Waals surface area (Å²) in [5, 5.41) is 12.7. The van der Waals surface area contributed by atoms with Crippen LogP contribution in [0, 0.1) is 17.7 Å². The van der Waals surface area contributed by atoms with Crippen LogP contribution in [0.15, 0.2) is 65.1 Å². The number of Topliss-reactive ketones (excluding diaryl/α,β-unsaturated/α-hetero) is 1. The quantitative estimate of drug-likeness (QED) is 0.299. The molecule has 5 rings (SSSR count). The van der Waals surface area contributed by atoms with Gasteiger partial charge >= 0.3 is 5.97 Å². The van der Waals surface area contributed by atoms with Crippen molar-refractivity contribution in [2.45, 2.75) is 19.3 Å². The van der Waals surface area contributed by atoms with Gasteiger partial charge in [-0.05, 0) is 48.2 Å². The first kappa shape index (κ1) is 22.1. The summed E-state index contributed by atoms with van der Waals surface area (Å²) in [5.74, 6) is -2.68. The molecule has 8 heteroatoms. The third-order valence-electron chi connectivity index (χ3n) is 6.23. The maximum absolute atomic E-state index is 14.8. The van der Waals surface area contributed by atoms with E-state index in [9.17, 15) is 19.1 Å². The number of hydrogen-bond acceptors (Lipinski definition) is 5. The van der Waals surface area contributed by atoms with Gasteiger partial charge in [0.15, 0.2) is 11.4 Å². The summed E-state index contributed by atoms with van der Waals surface area (Å²) in [5.41, 5.74) is 3.14. The first-order valence-electron chi connectivity index (χ1n) is 10.9. The normalized spacial score (nSPS) is 17.7. The molecule has 1 aliphatic carbocycles. The topological polar surface area (TPSA) is 92.4 Å². The maximum atomic E-state index is 14.8. The fraction of sp³-hybridized carbons (Fsp3) is 0.192. The molecule has 1 saturated carbocycles. The minimum Gasteiger partial charge on any atom is -0.481 e. The number of carbonyl (C=O) groups excluding carboxylic acids is 1. The zero-order chi connectivity index (χ0) is 23.8. The number of halogens is 2. The largest absolute Gasteiger partial charge is 0.481 e. The van der Waals surface area contributed by atoms with Gasteiger partial charge in [0.2, 0.25) is 0 Å². The van der Waals surface area contributed by atoms with Crippen LogP contribution < -0.4 is 5.32 Å². The molecule has 0 spiro atoms. The van der Waals surface area contributed by atoms with Crippen LogP contribution in [0.1, 0.15) is 29.6 Å². The minimum atomic E-state index is -0.918. The highest BCUT2D eigenvalue weighted by Gasteiger charge is 2.37. The highest BCUT2D eigenvalue weighted by Crippen LogP contribution is 2.35. The van der Waals surface area contributed by atoms with E-state index in [2.05, 4.69) is 10.3 Å². The molecule has 1 heterocycles. The second kappa shape index (κ2) is 8.91. The van der Waals surface area contributed by atoms with Gasteiger partial charge in [-0.15, -0.1) is 0 Å². The number of carboxylic acid groups (broad SMARTS) is 1. The van der Waals surface area contributed by atoms with Gasteiger partial charge in [-0.25, -0.2) is 4.39 Å². The molecule has 0 bridgehead atoms. The lowest BCUT2D eigenvalue weighted by Crippen LogP contribution is -2.25. The Morgan fingerprint density at radius 3 is 2.47 bits per heavy atom. The Balaban J connectivity index is 1.32. The molecule has 1 aromatic heterocycles. The van der Waals surface area contributed by atoms with Crippen molar-refractivity contribution in [1.29, 1.82) is 0 Å². The van der Waals surface area contributed by atoms with Gasteiger partial charge in [-0.2, -0.15) is 4.98 Å². The first-order valence-corrected chi connectivity index (χ1v) is 11.3. The smallest absolute Gasteiger partial charge is 0.307 e. The number of anilines is 2. The second-order valence-corrected chi connectivity index (χ2v) is 8.81. The number of fused-ring (bicyclic) bond motifs is 1. The lowest BCUT2D eigenvalue weighted by molar-refractivity contribution is -0.142. The van der Waals surface area contributed by atoms with Crippen LogP contribution in [-0.2, 0) is 4.79 Å². The van der Waals surface area contributed by atoms with Crippen LogP contribution in [0.4, 0.5) is 16.1 Å². The van der Waals surface area contributed by atoms with E-state index in [0.717, 1.165) is 12.0 Å². The first-order chi connectivity index (χ1) is 16.4. The molecule has 1 aliphatic rings. The number of ketones is 1. The Morgan fingerprint density at radius 2 is 1.74 bits per heavy atom. The molecule has 172 valence electrons. The Bertz CT molecular complexity index is 1400. The predicted molar refractivity (Wildman–Crippen MR) is 127 cm³/mol. The van der Waals surface area contributed by atoms with Crippen molar-refractivity contribution in [2.24, 2.45) is 11.8 Å². The Morgan fingerprint density at radius 1 is 1.00 bits per heavy atom. The average molecular weight is 479 g/mol. The molecule has 1 fully saturated rings. The standard InChI is InChI=1S/C26H20ClFN2O4/c27-17-9-11-22-23(13-17)34-26(30-22)29-21-10-8-16(12-20(21)28)14-4-6-15(7-5-14)24(31)18-2-1-3-19(18)25(32)33/h4-13,18-19H,1-3H2,(H,29,30)(H,32,33)/t18-,19-/m1/s1. The summed E-state index contributed by atoms with van der Waals surface area (Å²) in [6.45, 7) is 0. The van der Waals surface area contributed by atoms with Gasteiger partial charge in [-0.3, -0.25) is 9.59 Å². The molecule has 0 unspecified atom stereocenters. The maximum Gasteiger partial charge on any atom is 0.307 e. The number of carboxylic acids is 1. The Hall–Kier alpha value is -3.71. The zero-order valence-corrected chi connectivity index (χ0v) is 18.7. The number of oxazole rings is 1. The van der Waals surface area contributed by atoms with Gasteiger partial charge in [-0.1, -0.05) is 48.4 Å². The zero-order valence-electron chi connectivity index (χ0n) is 17.9. The summed E-state index contributed by atoms with van der Waals surface area (Å²) >= 11 is 5.96. The summed E-state index contributed by atoms with van der Waals surface area (Å²) in [6, 6.07) is 16.7. The van der Waals surface area contributed by atoms with Crippen LogP contribution in [0.3, 0.4) is 0 Å². The number of carbonyl (C=O) groups is 2. The van der Waals surface area contributed by atoms with E-state index in [1.54, 1.807) is 54.6 Å². The van der Waals surface area contributed by atoms with E-state index in [-0.39, 0.29) is 17.5 Å². The van der Waals surface area contributed by atoms with Crippen LogP contribution in [0.25, 0.3) is 22.2 Å². The molecule has 0 saturated heterocycles. The SMILES string of the molecule is O=C(O)[C@@H]1CCC[C@H]1C(=O)c1ccc(-c2ccc(Nc3nc4ccc(Cl)cc4o3)c(F)c2)cc1. The van der Waals surface area contributed by atoms with Crippen molar-refractivity contribution in [3.05, 3.63) is 77.1 Å². The molecule has 0 aliphatic heterocycles. The Kier molecular flexibility index (Phi) is 5.79. The molecule has 6 nitrogen and oxygen atoms in total. The molecule has 2 atom stereocenters. The molecular formula is C26H20ClFN2O4. The second-order valence-electron chi connectivity index (χ2n) is 8.37. The number of aromatic nitrogens is 1. The predicted octanol–water partition coefficient (Wildman–Crippen LogP) is 6.71. The van der Waals surface area contributed by atoms with Crippen LogP contribution in [-0.4, -0.2) is 21.8 Å². The minimum absolute atomic E-state index is 0.151. The van der Waals surface area contributed by atoms with Crippen LogP contribution in [0.2, 0.25) is 5.02 Å². The molecule has 3 aromatic carbocycles. The summed E-state index contributed by atoms with van der Waals surface area (Å²) in [4.78, 5) is 28.5. The molecule has 4 aromatic rings. The molecule has 0 radical (unpaired) electrons. The average Bonchev–Trinajstić information content (AvgIpc) is 3.47. The molecule has 2 N–H and O–H groups in total. The Labute approximate surface area is 199 Å². The number of nitrogens with one attached hydrogen (secondary N) is 1. The van der Waals surface area contributed by atoms with Crippen molar-refractivity contribution in [3.63, 3.8) is 0 Å². The van der Waals surface area contributed by atoms with Crippen molar-refractivity contribution in [2.75, 3.05) is 5.32 Å². The number of hydrogen-bond donors (Lipinski definition) is 2. The lowest BCUT2D eigenvalue weighted by Gasteiger charge is -2.14. The third kappa shape index (κ3) is 4.26. The number of rotatable bonds is 6. The third-order valence-corrected chi connectivity index (χ3v) is 6.47. The fourth-order valence-corrected chi connectivity index (χ4v) is 4.64. The van der Waals surface area contributed by atoms with Gasteiger partial charge < -0.3 is 14.8 Å². The highest BCUT2D eigenvalue weighted by molar-refractivity contribution is 6.31. The van der Waals surface area contributed by atoms with Crippen LogP contribution in [0.5, 0.6) is 0 Å². The number of benzene rings is 3. The van der Waals surface area contributed by atoms with E-state index >= 15 is 0 Å². The fourth-order valence-electron chi connectivity index (χ4n) is 4.47. The van der Waals surface area contributed by atoms with E-state index in [1.807, 2.05) is 0 Å². The number of nitrogens with zero attached hydrogens (tertiary/aromatic N) is 1. The van der Waals surface area contributed by atoms with E-state index in [4.69, 9.17) is 16.0 Å². The summed E-state index contributed by atoms with van der Waals surface area (Å²) in [7, 11) is 0. The van der Waals surface area contributed by atoms with Crippen molar-refractivity contribution in [3.8, 4) is 11.1 Å². The van der Waals surface area contributed by atoms with E-state index < -0.39 is 23.6 Å². The monoisotopic (exact) mass is 478 g/mol. The number of aliphatic carboxylic acids is 1. The molecule has 34 heavy (non-hydrogen) atoms. The van der Waals surface area contributed by atoms with E-state index in [1.165, 1.54) is 6.07 Å². The van der Waals surface area contributed by atoms with Crippen molar-refractivity contribution in [1.82, 2.24) is 4.98 Å². The van der Waals surface area contributed by atoms with Gasteiger partial charge in [0.1, 0.15) is 11.3 Å². The van der Waals surface area contributed by atoms with Crippen LogP contribution >= 0.6 is 11.6 Å². The van der Waals surface area contributed by atoms with Crippen molar-refractivity contribution >= 4 is 46.2 Å². The van der Waals surface area contributed by atoms with Gasteiger partial charge in [0.05, 0.1) is 11.6 Å². The summed E-state index contributed by atoms with van der Waals surface area (Å²) < 4.78 is 20.4. The van der Waals surface area contributed by atoms with Gasteiger partial charge in [0.25, 0.3) is 6.01 Å². The molecular weight excluding hydrogens is 459 g/mol. The molecule has 0 amide bonds. The lowest BCUT2D eigenvalue weighted by atomic mass is 9.88. The van der Waals surface area contributed by atoms with E-state index in [0.29, 0.717) is 40.1 Å². The summed E-state index contributed by atoms with van der Waals surface area (Å²) in [6.07, 6.45) is 1.85. The van der Waals surface area contributed by atoms with Gasteiger partial charge in [0, 0.05) is 22.6 Å². The van der Waals surface area contributed by atoms with Crippen molar-refractivity contribution < 1.29 is 23.5 Å².